The molecule has 1 aliphatic heterocycles. The largest absolute Gasteiger partial charge is 0.381 e. The summed E-state index contributed by atoms with van der Waals surface area (Å²) < 4.78 is 0. The maximum absolute atomic E-state index is 13.0. The summed E-state index contributed by atoms with van der Waals surface area (Å²) in [7, 11) is 0. The van der Waals surface area contributed by atoms with Gasteiger partial charge in [0, 0.05) is 37.3 Å². The predicted molar refractivity (Wildman–Crippen MR) is 92.5 cm³/mol. The summed E-state index contributed by atoms with van der Waals surface area (Å²) >= 11 is 0. The second-order valence-electron chi connectivity index (χ2n) is 6.07. The highest BCUT2D eigenvalue weighted by Gasteiger charge is 2.28. The number of nitrogens with one attached hydrogen (secondary N) is 2. The molecule has 1 heterocycles. The molecule has 124 valence electrons. The van der Waals surface area contributed by atoms with Crippen molar-refractivity contribution in [3.63, 3.8) is 0 Å². The zero-order valence-electron chi connectivity index (χ0n) is 13.8. The molecule has 0 unspecified atom stereocenters. The molecule has 5 heteroatoms. The Labute approximate surface area is 137 Å². The van der Waals surface area contributed by atoms with Crippen molar-refractivity contribution in [1.29, 1.82) is 0 Å². The lowest BCUT2D eigenvalue weighted by Gasteiger charge is -2.30. The second-order valence-corrected chi connectivity index (χ2v) is 6.07. The topological polar surface area (TPSA) is 61.4 Å². The van der Waals surface area contributed by atoms with Gasteiger partial charge in [0.2, 0.25) is 5.91 Å². The molecule has 0 aliphatic carbocycles. The van der Waals surface area contributed by atoms with Gasteiger partial charge in [0.25, 0.3) is 5.91 Å². The van der Waals surface area contributed by atoms with E-state index in [4.69, 9.17) is 0 Å². The van der Waals surface area contributed by atoms with Crippen LogP contribution in [0.25, 0.3) is 0 Å². The number of hydrogen-bond acceptors (Lipinski definition) is 3. The number of anilines is 1. The number of hydrogen-bond donors (Lipinski definition) is 2. The lowest BCUT2D eigenvalue weighted by atomic mass is 10.1. The van der Waals surface area contributed by atoms with Gasteiger partial charge in [0.15, 0.2) is 0 Å². The molecule has 0 bridgehead atoms. The molecule has 5 nitrogen and oxygen atoms in total. The summed E-state index contributed by atoms with van der Waals surface area (Å²) in [5.41, 5.74) is 1.45. The van der Waals surface area contributed by atoms with Crippen LogP contribution in [-0.4, -0.2) is 41.9 Å². The zero-order chi connectivity index (χ0) is 16.8. The summed E-state index contributed by atoms with van der Waals surface area (Å²) in [6, 6.07) is 7.60. The summed E-state index contributed by atoms with van der Waals surface area (Å²) in [6.07, 6.45) is 3.09. The minimum absolute atomic E-state index is 0.0201. The smallest absolute Gasteiger partial charge is 0.256 e. The molecular formula is C18H25N3O2. The van der Waals surface area contributed by atoms with Gasteiger partial charge in [-0.2, -0.15) is 0 Å². The lowest BCUT2D eigenvalue weighted by Crippen LogP contribution is -2.45. The van der Waals surface area contributed by atoms with Crippen molar-refractivity contribution in [3.8, 4) is 0 Å². The molecule has 23 heavy (non-hydrogen) atoms. The Hall–Kier alpha value is -2.30. The van der Waals surface area contributed by atoms with Crippen LogP contribution in [-0.2, 0) is 4.79 Å². The predicted octanol–water partition coefficient (Wildman–Crippen LogP) is 2.41. The molecule has 0 radical (unpaired) electrons. The normalized spacial score (nSPS) is 17.0. The molecule has 1 atom stereocenters. The van der Waals surface area contributed by atoms with Gasteiger partial charge in [-0.05, 0) is 32.4 Å². The first-order valence-corrected chi connectivity index (χ1v) is 8.07. The molecule has 1 aromatic rings. The Morgan fingerprint density at radius 3 is 2.83 bits per heavy atom. The van der Waals surface area contributed by atoms with Gasteiger partial charge in [-0.15, -0.1) is 6.58 Å². The number of para-hydroxylation sites is 1. The van der Waals surface area contributed by atoms with E-state index < -0.39 is 0 Å². The molecule has 2 amide bonds. The lowest BCUT2D eigenvalue weighted by molar-refractivity contribution is -0.119. The molecule has 0 aromatic heterocycles. The van der Waals surface area contributed by atoms with Gasteiger partial charge in [0.05, 0.1) is 5.56 Å². The summed E-state index contributed by atoms with van der Waals surface area (Å²) in [6.45, 7) is 8.82. The first kappa shape index (κ1) is 17.1. The Kier molecular flexibility index (Phi) is 5.79. The van der Waals surface area contributed by atoms with Crippen LogP contribution < -0.4 is 10.6 Å². The summed E-state index contributed by atoms with van der Waals surface area (Å²) in [5.74, 6) is 0.0486. The van der Waals surface area contributed by atoms with Crippen molar-refractivity contribution in [1.82, 2.24) is 10.2 Å². The van der Waals surface area contributed by atoms with Gasteiger partial charge >= 0.3 is 0 Å². The summed E-state index contributed by atoms with van der Waals surface area (Å²) in [5, 5.41) is 6.14. The number of carbonyl (C=O) groups is 2. The molecule has 2 N–H and O–H groups in total. The number of rotatable bonds is 7. The van der Waals surface area contributed by atoms with Crippen LogP contribution in [0.4, 0.5) is 5.69 Å². The van der Waals surface area contributed by atoms with E-state index in [1.54, 1.807) is 6.08 Å². The van der Waals surface area contributed by atoms with Crippen molar-refractivity contribution >= 4 is 17.5 Å². The van der Waals surface area contributed by atoms with Crippen LogP contribution in [0, 0.1) is 0 Å². The van der Waals surface area contributed by atoms with Crippen LogP contribution >= 0.6 is 0 Å². The fourth-order valence-electron chi connectivity index (χ4n) is 2.74. The fourth-order valence-corrected chi connectivity index (χ4v) is 2.74. The van der Waals surface area contributed by atoms with Gasteiger partial charge in [0.1, 0.15) is 0 Å². The summed E-state index contributed by atoms with van der Waals surface area (Å²) in [4.78, 5) is 26.2. The van der Waals surface area contributed by atoms with E-state index in [0.717, 1.165) is 12.1 Å². The van der Waals surface area contributed by atoms with E-state index in [0.29, 0.717) is 25.1 Å². The van der Waals surface area contributed by atoms with Gasteiger partial charge in [-0.3, -0.25) is 9.59 Å². The fraction of sp³-hybridized carbons (Fsp3) is 0.444. The molecule has 1 fully saturated rings. The number of carbonyl (C=O) groups excluding carboxylic acids is 2. The minimum Gasteiger partial charge on any atom is -0.381 e. The molecule has 1 aromatic carbocycles. The Bertz CT molecular complexity index is 583. The molecule has 0 spiro atoms. The average Bonchev–Trinajstić information content (AvgIpc) is 2.95. The molecule has 0 saturated carbocycles. The highest BCUT2D eigenvalue weighted by molar-refractivity contribution is 5.99. The third-order valence-electron chi connectivity index (χ3n) is 3.98. The average molecular weight is 315 g/mol. The second kappa shape index (κ2) is 7.81. The highest BCUT2D eigenvalue weighted by atomic mass is 16.2. The van der Waals surface area contributed by atoms with E-state index in [1.165, 1.54) is 0 Å². The van der Waals surface area contributed by atoms with E-state index in [-0.39, 0.29) is 23.9 Å². The van der Waals surface area contributed by atoms with Gasteiger partial charge in [-0.25, -0.2) is 0 Å². The first-order valence-electron chi connectivity index (χ1n) is 8.07. The maximum atomic E-state index is 13.0. The standard InChI is InChI=1S/C18H25N3O2/c1-4-11-19-16-8-6-5-7-15(16)18(23)21(13(2)3)12-14-9-10-17(22)20-14/h4-8,13-14,19H,1,9-12H2,2-3H3,(H,20,22)/t14-/m1/s1. The Morgan fingerprint density at radius 1 is 1.48 bits per heavy atom. The maximum Gasteiger partial charge on any atom is 0.256 e. The number of nitrogens with zero attached hydrogens (tertiary/aromatic N) is 1. The SMILES string of the molecule is C=CCNc1ccccc1C(=O)N(C[C@H]1CCC(=O)N1)C(C)C. The van der Waals surface area contributed by atoms with E-state index >= 15 is 0 Å². The number of benzene rings is 1. The highest BCUT2D eigenvalue weighted by Crippen LogP contribution is 2.20. The monoisotopic (exact) mass is 315 g/mol. The van der Waals surface area contributed by atoms with E-state index in [1.807, 2.05) is 43.0 Å². The zero-order valence-corrected chi connectivity index (χ0v) is 13.8. The van der Waals surface area contributed by atoms with Crippen molar-refractivity contribution in [3.05, 3.63) is 42.5 Å². The van der Waals surface area contributed by atoms with Crippen LogP contribution in [0.1, 0.15) is 37.0 Å². The first-order chi connectivity index (χ1) is 11.0. The van der Waals surface area contributed by atoms with Gasteiger partial charge in [-0.1, -0.05) is 18.2 Å². The molecule has 2 rings (SSSR count). The molecule has 1 saturated heterocycles. The third-order valence-corrected chi connectivity index (χ3v) is 3.98. The van der Waals surface area contributed by atoms with Gasteiger partial charge < -0.3 is 15.5 Å². The van der Waals surface area contributed by atoms with Crippen molar-refractivity contribution in [2.75, 3.05) is 18.4 Å². The molecule has 1 aliphatic rings. The van der Waals surface area contributed by atoms with Crippen molar-refractivity contribution in [2.24, 2.45) is 0 Å². The minimum atomic E-state index is -0.0201. The van der Waals surface area contributed by atoms with Crippen LogP contribution in [0.2, 0.25) is 0 Å². The third kappa shape index (κ3) is 4.34. The van der Waals surface area contributed by atoms with Crippen molar-refractivity contribution < 1.29 is 9.59 Å². The Morgan fingerprint density at radius 2 is 2.22 bits per heavy atom. The van der Waals surface area contributed by atoms with E-state index in [9.17, 15) is 9.59 Å². The van der Waals surface area contributed by atoms with Crippen molar-refractivity contribution in [2.45, 2.75) is 38.8 Å². The molecular weight excluding hydrogens is 290 g/mol. The van der Waals surface area contributed by atoms with Crippen LogP contribution in [0.15, 0.2) is 36.9 Å². The van der Waals surface area contributed by atoms with Crippen LogP contribution in [0.3, 0.4) is 0 Å². The Balaban J connectivity index is 2.17. The van der Waals surface area contributed by atoms with Crippen LogP contribution in [0.5, 0.6) is 0 Å². The quantitative estimate of drug-likeness (QED) is 0.760. The van der Waals surface area contributed by atoms with E-state index in [2.05, 4.69) is 17.2 Å². The number of amides is 2.